The molecule has 0 amide bonds. The zero-order valence-electron chi connectivity index (χ0n) is 25.0. The van der Waals surface area contributed by atoms with E-state index in [9.17, 15) is 0 Å². The molecule has 0 aliphatic rings. The summed E-state index contributed by atoms with van der Waals surface area (Å²) in [5.74, 6) is 0. The molecule has 0 radical (unpaired) electrons. The second-order valence-corrected chi connectivity index (χ2v) is 5.94. The zero-order chi connectivity index (χ0) is 27.6. The van der Waals surface area contributed by atoms with Crippen LogP contribution in [0.15, 0.2) is 109 Å². The van der Waals surface area contributed by atoms with Crippen molar-refractivity contribution in [1.82, 2.24) is 0 Å². The van der Waals surface area contributed by atoms with Crippen molar-refractivity contribution in [3.8, 4) is 11.1 Å². The number of hydrogen-bond donors (Lipinski definition) is 1. The topological polar surface area (TPSA) is 12.0 Å². The highest BCUT2D eigenvalue weighted by Crippen LogP contribution is 2.29. The summed E-state index contributed by atoms with van der Waals surface area (Å²) in [7, 11) is 0. The smallest absolute Gasteiger partial charge is 0.0645 e. The largest absolute Gasteiger partial charge is 0.355 e. The van der Waals surface area contributed by atoms with Gasteiger partial charge in [0.1, 0.15) is 0 Å². The van der Waals surface area contributed by atoms with Gasteiger partial charge in [0.15, 0.2) is 0 Å². The minimum Gasteiger partial charge on any atom is -0.355 e. The fourth-order valence-corrected chi connectivity index (χ4v) is 2.90. The molecule has 1 heteroatoms. The van der Waals surface area contributed by atoms with E-state index in [0.717, 1.165) is 10.8 Å². The molecule has 5 aromatic carbocycles. The van der Waals surface area contributed by atoms with Gasteiger partial charge in [0.2, 0.25) is 0 Å². The van der Waals surface area contributed by atoms with Gasteiger partial charge in [-0.25, -0.2) is 0 Å². The predicted molar refractivity (Wildman–Crippen MR) is 117 cm³/mol. The first-order valence-corrected chi connectivity index (χ1v) is 8.32. The maximum Gasteiger partial charge on any atom is 0.0645 e. The van der Waals surface area contributed by atoms with Crippen molar-refractivity contribution >= 4 is 32.9 Å². The molecule has 5 aromatic rings. The highest BCUT2D eigenvalue weighted by Gasteiger charge is 2.03. The predicted octanol–water partition coefficient (Wildman–Crippen LogP) is 7.40. The highest BCUT2D eigenvalue weighted by atomic mass is 14.9. The van der Waals surface area contributed by atoms with E-state index < -0.39 is 54.4 Å². The molecule has 1 nitrogen and oxygen atoms in total. The molecule has 128 valence electrons. The van der Waals surface area contributed by atoms with E-state index in [1.807, 2.05) is 30.3 Å². The molecular formula is C26H19N. The third kappa shape index (κ3) is 3.04. The number of anilines is 2. The molecule has 0 bridgehead atoms. The van der Waals surface area contributed by atoms with Crippen molar-refractivity contribution in [2.75, 3.05) is 5.32 Å². The summed E-state index contributed by atoms with van der Waals surface area (Å²) in [4.78, 5) is 0. The Labute approximate surface area is 174 Å². The van der Waals surface area contributed by atoms with E-state index >= 15 is 0 Å². The summed E-state index contributed by atoms with van der Waals surface area (Å²) in [6.45, 7) is 0. The molecule has 27 heavy (non-hydrogen) atoms. The molecule has 0 fully saturated rings. The second kappa shape index (κ2) is 6.62. The lowest BCUT2D eigenvalue weighted by atomic mass is 10.0. The van der Waals surface area contributed by atoms with E-state index in [4.69, 9.17) is 15.1 Å². The average Bonchev–Trinajstić information content (AvgIpc) is 2.91. The van der Waals surface area contributed by atoms with E-state index in [-0.39, 0.29) is 39.8 Å². The minimum atomic E-state index is -0.604. The van der Waals surface area contributed by atoms with Gasteiger partial charge in [-0.3, -0.25) is 0 Å². The molecule has 0 aliphatic carbocycles. The lowest BCUT2D eigenvalue weighted by molar-refractivity contribution is 1.57. The van der Waals surface area contributed by atoms with E-state index in [0.29, 0.717) is 5.56 Å². The van der Waals surface area contributed by atoms with Crippen molar-refractivity contribution in [2.45, 2.75) is 0 Å². The zero-order valence-corrected chi connectivity index (χ0v) is 14.0. The van der Waals surface area contributed by atoms with Crippen LogP contribution in [0.4, 0.5) is 11.4 Å². The molecule has 0 saturated heterocycles. The van der Waals surface area contributed by atoms with Crippen LogP contribution in [0.2, 0.25) is 0 Å². The van der Waals surface area contributed by atoms with Gasteiger partial charge in [0.05, 0.1) is 15.1 Å². The molecule has 0 spiro atoms. The summed E-state index contributed by atoms with van der Waals surface area (Å²) < 4.78 is 92.0. The van der Waals surface area contributed by atoms with Crippen molar-refractivity contribution in [2.24, 2.45) is 0 Å². The summed E-state index contributed by atoms with van der Waals surface area (Å²) in [6, 6.07) is 7.25. The van der Waals surface area contributed by atoms with Gasteiger partial charge in [-0.1, -0.05) is 84.7 Å². The van der Waals surface area contributed by atoms with Gasteiger partial charge in [-0.15, -0.1) is 0 Å². The Hall–Kier alpha value is -3.58. The SMILES string of the molecule is [2H]c1c([2H])c(-c2ccc3ccccc3c2)c([2H])c([2H])c1Nc1c([2H])c([2H])c([2H])c2c([2H])c([2H])c([2H])c([2H])c12. The summed E-state index contributed by atoms with van der Waals surface area (Å²) in [5.41, 5.74) is -0.0482. The Bertz CT molecular complexity index is 1780. The van der Waals surface area contributed by atoms with Gasteiger partial charge < -0.3 is 5.32 Å². The average molecular weight is 357 g/mol. The van der Waals surface area contributed by atoms with Crippen molar-refractivity contribution in [3.05, 3.63) is 109 Å². The number of rotatable bonds is 3. The minimum absolute atomic E-state index is 0.0804. The maximum atomic E-state index is 8.65. The molecule has 0 saturated carbocycles. The second-order valence-electron chi connectivity index (χ2n) is 5.94. The number of hydrogen-bond acceptors (Lipinski definition) is 1. The van der Waals surface area contributed by atoms with Crippen LogP contribution in [-0.2, 0) is 0 Å². The van der Waals surface area contributed by atoms with E-state index in [2.05, 4.69) is 5.32 Å². The molecular weight excluding hydrogens is 326 g/mol. The van der Waals surface area contributed by atoms with Crippen LogP contribution in [0.5, 0.6) is 0 Å². The van der Waals surface area contributed by atoms with Crippen LogP contribution in [0, 0.1) is 0 Å². The maximum absolute atomic E-state index is 8.65. The highest BCUT2D eigenvalue weighted by molar-refractivity contribution is 5.95. The van der Waals surface area contributed by atoms with Gasteiger partial charge in [-0.05, 0) is 51.5 Å². The normalized spacial score (nSPS) is 16.7. The molecule has 1 N–H and O–H groups in total. The molecule has 0 heterocycles. The molecule has 0 aromatic heterocycles. The Morgan fingerprint density at radius 3 is 2.26 bits per heavy atom. The van der Waals surface area contributed by atoms with Gasteiger partial charge in [-0.2, -0.15) is 0 Å². The number of fused-ring (bicyclic) bond motifs is 2. The summed E-state index contributed by atoms with van der Waals surface area (Å²) in [5, 5.41) is 3.97. The van der Waals surface area contributed by atoms with Gasteiger partial charge >= 0.3 is 0 Å². The lowest BCUT2D eigenvalue weighted by Gasteiger charge is -2.11. The summed E-state index contributed by atoms with van der Waals surface area (Å²) >= 11 is 0. The van der Waals surface area contributed by atoms with Crippen LogP contribution < -0.4 is 5.32 Å². The van der Waals surface area contributed by atoms with Gasteiger partial charge in [0, 0.05) is 16.8 Å². The third-order valence-corrected chi connectivity index (χ3v) is 4.23. The lowest BCUT2D eigenvalue weighted by Crippen LogP contribution is -1.91. The standard InChI is InChI=1S/C26H19N/c1-2-8-22-18-23(13-12-19(22)6-1)20-14-16-24(17-15-20)27-26-11-5-9-21-7-3-4-10-25(21)26/h1-18,27H/i3D,4D,5D,7D,9D,10D,11D,14D,15D,16D,17D. The Morgan fingerprint density at radius 1 is 0.593 bits per heavy atom. The first-order valence-electron chi connectivity index (χ1n) is 13.8. The quantitative estimate of drug-likeness (QED) is 0.355. The number of benzene rings is 5. The van der Waals surface area contributed by atoms with Crippen LogP contribution in [0.3, 0.4) is 0 Å². The third-order valence-electron chi connectivity index (χ3n) is 4.23. The van der Waals surface area contributed by atoms with Crippen molar-refractivity contribution < 1.29 is 15.1 Å². The van der Waals surface area contributed by atoms with Crippen molar-refractivity contribution in [1.29, 1.82) is 0 Å². The summed E-state index contributed by atoms with van der Waals surface area (Å²) in [6.07, 6.45) is 0. The van der Waals surface area contributed by atoms with Crippen molar-refractivity contribution in [3.63, 3.8) is 0 Å². The fourth-order valence-electron chi connectivity index (χ4n) is 2.90. The van der Waals surface area contributed by atoms with Crippen LogP contribution in [0.25, 0.3) is 32.7 Å². The van der Waals surface area contributed by atoms with E-state index in [1.54, 1.807) is 12.1 Å². The van der Waals surface area contributed by atoms with E-state index in [1.165, 1.54) is 0 Å². The Balaban J connectivity index is 1.76. The monoisotopic (exact) mass is 356 g/mol. The molecule has 5 rings (SSSR count). The Morgan fingerprint density at radius 2 is 1.37 bits per heavy atom. The van der Waals surface area contributed by atoms with Crippen LogP contribution in [0.1, 0.15) is 15.1 Å². The fraction of sp³-hybridized carbons (Fsp3) is 0. The molecule has 0 unspecified atom stereocenters. The Kier molecular flexibility index (Phi) is 1.96. The number of nitrogens with one attached hydrogen (secondary N) is 1. The van der Waals surface area contributed by atoms with Gasteiger partial charge in [0.25, 0.3) is 0 Å². The first-order chi connectivity index (χ1) is 18.0. The molecule has 0 atom stereocenters. The molecule has 0 aliphatic heterocycles. The van der Waals surface area contributed by atoms with Crippen LogP contribution in [-0.4, -0.2) is 0 Å². The first kappa shape index (κ1) is 7.98. The van der Waals surface area contributed by atoms with Crippen LogP contribution >= 0.6 is 0 Å².